The zero-order valence-electron chi connectivity index (χ0n) is 23.1. The van der Waals surface area contributed by atoms with Crippen molar-refractivity contribution in [2.75, 3.05) is 45.2 Å². The number of halogens is 1. The van der Waals surface area contributed by atoms with E-state index in [0.29, 0.717) is 24.5 Å². The molecule has 5 rings (SSSR count). The highest BCUT2D eigenvalue weighted by molar-refractivity contribution is 6.30. The number of anilines is 1. The molecule has 1 fully saturated rings. The van der Waals surface area contributed by atoms with Gasteiger partial charge < -0.3 is 20.0 Å². The standard InChI is InChI=1S/C32H37ClN5O2/c1-36(2)22-25-8-4-6-10-29(25)37-17-19-38(20-18-37)32(40)28(21-23-11-13-26(33)14-12-23)35-31(39)30-27-9-5-3-7-24(27)15-16-34-30/h3-14,16,28,30,34H,15,17-22H2,1-2H3,(H,35,39)/t28-,30?/m1/s1. The smallest absolute Gasteiger partial charge is 0.245 e. The highest BCUT2D eigenvalue weighted by Crippen LogP contribution is 2.26. The monoisotopic (exact) mass is 558 g/mol. The molecule has 1 saturated heterocycles. The van der Waals surface area contributed by atoms with Crippen LogP contribution in [0.25, 0.3) is 0 Å². The van der Waals surface area contributed by atoms with Gasteiger partial charge in [0, 0.05) is 56.4 Å². The van der Waals surface area contributed by atoms with Crippen molar-refractivity contribution in [2.45, 2.75) is 31.5 Å². The van der Waals surface area contributed by atoms with Gasteiger partial charge >= 0.3 is 0 Å². The SMILES string of the molecule is CN(C)Cc1ccccc1N1CCN(C(=O)[C@@H](Cc2ccc(Cl)cc2)NC(=O)C2N[CH]Cc3ccccc32)CC1. The minimum absolute atomic E-state index is 0.0578. The van der Waals surface area contributed by atoms with Gasteiger partial charge in [0.25, 0.3) is 0 Å². The third kappa shape index (κ3) is 6.66. The molecule has 0 bridgehead atoms. The number of hydrogen-bond donors (Lipinski definition) is 2. The molecule has 8 heteroatoms. The highest BCUT2D eigenvalue weighted by atomic mass is 35.5. The van der Waals surface area contributed by atoms with E-state index in [0.717, 1.165) is 42.7 Å². The summed E-state index contributed by atoms with van der Waals surface area (Å²) in [5, 5.41) is 6.96. The fraction of sp³-hybridized carbons (Fsp3) is 0.344. The molecule has 2 aliphatic rings. The highest BCUT2D eigenvalue weighted by Gasteiger charge is 2.33. The maximum absolute atomic E-state index is 13.9. The Morgan fingerprint density at radius 1 is 0.975 bits per heavy atom. The summed E-state index contributed by atoms with van der Waals surface area (Å²) >= 11 is 6.11. The molecule has 2 aliphatic heterocycles. The van der Waals surface area contributed by atoms with Crippen molar-refractivity contribution < 1.29 is 9.59 Å². The van der Waals surface area contributed by atoms with Crippen LogP contribution in [0.3, 0.4) is 0 Å². The van der Waals surface area contributed by atoms with E-state index in [9.17, 15) is 9.59 Å². The van der Waals surface area contributed by atoms with Crippen LogP contribution in [0, 0.1) is 6.54 Å². The summed E-state index contributed by atoms with van der Waals surface area (Å²) in [7, 11) is 4.14. The largest absolute Gasteiger partial charge is 0.368 e. The van der Waals surface area contributed by atoms with Gasteiger partial charge in [-0.05, 0) is 61.0 Å². The van der Waals surface area contributed by atoms with Crippen molar-refractivity contribution >= 4 is 29.1 Å². The van der Waals surface area contributed by atoms with E-state index in [-0.39, 0.29) is 11.8 Å². The van der Waals surface area contributed by atoms with E-state index in [4.69, 9.17) is 11.6 Å². The first-order valence-electron chi connectivity index (χ1n) is 13.9. The number of carbonyl (C=O) groups is 2. The molecule has 7 nitrogen and oxygen atoms in total. The maximum atomic E-state index is 13.9. The summed E-state index contributed by atoms with van der Waals surface area (Å²) < 4.78 is 0. The van der Waals surface area contributed by atoms with Gasteiger partial charge in [-0.25, -0.2) is 0 Å². The first-order valence-corrected chi connectivity index (χ1v) is 14.2. The number of nitrogens with zero attached hydrogens (tertiary/aromatic N) is 3. The minimum Gasteiger partial charge on any atom is -0.368 e. The summed E-state index contributed by atoms with van der Waals surface area (Å²) in [5.41, 5.74) is 5.51. The Kier molecular flexibility index (Phi) is 9.04. The number of fused-ring (bicyclic) bond motifs is 1. The van der Waals surface area contributed by atoms with Crippen LogP contribution in [-0.4, -0.2) is 67.9 Å². The lowest BCUT2D eigenvalue weighted by molar-refractivity contribution is -0.137. The van der Waals surface area contributed by atoms with Gasteiger partial charge in [0.1, 0.15) is 12.1 Å². The Morgan fingerprint density at radius 2 is 1.68 bits per heavy atom. The Balaban J connectivity index is 1.30. The first kappa shape index (κ1) is 28.1. The van der Waals surface area contributed by atoms with Gasteiger partial charge in [-0.3, -0.25) is 14.9 Å². The first-order chi connectivity index (χ1) is 19.4. The molecular formula is C32H37ClN5O2. The molecule has 3 aromatic carbocycles. The Labute approximate surface area is 242 Å². The number of para-hydroxylation sites is 1. The van der Waals surface area contributed by atoms with Gasteiger partial charge in [0.05, 0.1) is 0 Å². The van der Waals surface area contributed by atoms with Crippen molar-refractivity contribution in [3.8, 4) is 0 Å². The molecular weight excluding hydrogens is 522 g/mol. The van der Waals surface area contributed by atoms with Gasteiger partial charge in [0.2, 0.25) is 11.8 Å². The summed E-state index contributed by atoms with van der Waals surface area (Å²) in [6, 6.07) is 22.7. The van der Waals surface area contributed by atoms with Crippen LogP contribution in [-0.2, 0) is 29.0 Å². The zero-order chi connectivity index (χ0) is 28.1. The van der Waals surface area contributed by atoms with E-state index in [2.05, 4.69) is 58.8 Å². The van der Waals surface area contributed by atoms with Crippen LogP contribution in [0.4, 0.5) is 5.69 Å². The molecule has 0 aliphatic carbocycles. The fourth-order valence-corrected chi connectivity index (χ4v) is 5.71. The predicted molar refractivity (Wildman–Crippen MR) is 160 cm³/mol. The van der Waals surface area contributed by atoms with Gasteiger partial charge in [0.15, 0.2) is 0 Å². The number of rotatable bonds is 8. The van der Waals surface area contributed by atoms with Crippen molar-refractivity contribution in [3.63, 3.8) is 0 Å². The molecule has 2 amide bonds. The normalized spacial score (nSPS) is 17.9. The zero-order valence-corrected chi connectivity index (χ0v) is 23.9. The second-order valence-corrected chi connectivity index (χ2v) is 11.2. The molecule has 40 heavy (non-hydrogen) atoms. The lowest BCUT2D eigenvalue weighted by Crippen LogP contribution is -2.56. The molecule has 2 atom stereocenters. The van der Waals surface area contributed by atoms with Crippen molar-refractivity contribution in [1.29, 1.82) is 0 Å². The quantitative estimate of drug-likeness (QED) is 0.440. The van der Waals surface area contributed by atoms with Crippen LogP contribution in [0.1, 0.15) is 28.3 Å². The van der Waals surface area contributed by atoms with Crippen LogP contribution >= 0.6 is 11.6 Å². The topological polar surface area (TPSA) is 67.9 Å². The molecule has 3 aromatic rings. The summed E-state index contributed by atoms with van der Waals surface area (Å²) in [6.45, 7) is 5.45. The number of benzene rings is 3. The molecule has 0 saturated carbocycles. The average Bonchev–Trinajstić information content (AvgIpc) is 2.97. The van der Waals surface area contributed by atoms with Crippen LogP contribution < -0.4 is 15.5 Å². The molecule has 209 valence electrons. The molecule has 1 radical (unpaired) electrons. The van der Waals surface area contributed by atoms with Crippen LogP contribution in [0.15, 0.2) is 72.8 Å². The molecule has 0 aromatic heterocycles. The van der Waals surface area contributed by atoms with Gasteiger partial charge in [-0.15, -0.1) is 0 Å². The maximum Gasteiger partial charge on any atom is 0.245 e. The Morgan fingerprint density at radius 3 is 2.42 bits per heavy atom. The molecule has 2 heterocycles. The number of carbonyl (C=O) groups excluding carboxylic acids is 2. The number of hydrogen-bond acceptors (Lipinski definition) is 5. The van der Waals surface area contributed by atoms with E-state index < -0.39 is 12.1 Å². The van der Waals surface area contributed by atoms with Gasteiger partial charge in [-0.2, -0.15) is 0 Å². The number of piperazine rings is 1. The lowest BCUT2D eigenvalue weighted by Gasteiger charge is -2.39. The summed E-state index contributed by atoms with van der Waals surface area (Å²) in [6.07, 6.45) is 1.15. The van der Waals surface area contributed by atoms with Crippen LogP contribution in [0.5, 0.6) is 0 Å². The Hall–Kier alpha value is -3.39. The van der Waals surface area contributed by atoms with Crippen molar-refractivity contribution in [3.05, 3.63) is 107 Å². The third-order valence-electron chi connectivity index (χ3n) is 7.61. The van der Waals surface area contributed by atoms with E-state index in [1.54, 1.807) is 0 Å². The third-order valence-corrected chi connectivity index (χ3v) is 7.86. The average molecular weight is 559 g/mol. The second kappa shape index (κ2) is 12.9. The summed E-state index contributed by atoms with van der Waals surface area (Å²) in [4.78, 5) is 33.9. The van der Waals surface area contributed by atoms with Gasteiger partial charge in [-0.1, -0.05) is 66.2 Å². The summed E-state index contributed by atoms with van der Waals surface area (Å²) in [5.74, 6) is -0.260. The van der Waals surface area contributed by atoms with E-state index >= 15 is 0 Å². The van der Waals surface area contributed by atoms with Crippen LogP contribution in [0.2, 0.25) is 5.02 Å². The fourth-order valence-electron chi connectivity index (χ4n) is 5.59. The molecule has 2 N–H and O–H groups in total. The van der Waals surface area contributed by atoms with Crippen molar-refractivity contribution in [1.82, 2.24) is 20.4 Å². The van der Waals surface area contributed by atoms with Crippen molar-refractivity contribution in [2.24, 2.45) is 0 Å². The number of amides is 2. The second-order valence-electron chi connectivity index (χ2n) is 10.8. The minimum atomic E-state index is -0.683. The molecule has 0 spiro atoms. The number of nitrogens with one attached hydrogen (secondary N) is 2. The predicted octanol–water partition coefficient (Wildman–Crippen LogP) is 3.83. The molecule has 1 unspecified atom stereocenters. The van der Waals surface area contributed by atoms with E-state index in [1.165, 1.54) is 11.3 Å². The Bertz CT molecular complexity index is 1320. The lowest BCUT2D eigenvalue weighted by atomic mass is 9.93. The van der Waals surface area contributed by atoms with E-state index in [1.807, 2.05) is 60.0 Å².